The number of aromatic amines is 1. The fourth-order valence-electron chi connectivity index (χ4n) is 2.04. The first-order chi connectivity index (χ1) is 9.35. The fourth-order valence-corrected chi connectivity index (χ4v) is 2.04. The molecule has 9 heteroatoms. The van der Waals surface area contributed by atoms with E-state index in [1.807, 2.05) is 0 Å². The summed E-state index contributed by atoms with van der Waals surface area (Å²) >= 11 is 0. The van der Waals surface area contributed by atoms with Crippen molar-refractivity contribution < 1.29 is 19.3 Å². The lowest BCUT2D eigenvalue weighted by Gasteiger charge is -2.27. The van der Waals surface area contributed by atoms with Crippen LogP contribution in [0.2, 0.25) is 0 Å². The van der Waals surface area contributed by atoms with Crippen LogP contribution >= 0.6 is 0 Å². The van der Waals surface area contributed by atoms with E-state index >= 15 is 0 Å². The van der Waals surface area contributed by atoms with Gasteiger partial charge >= 0.3 is 5.69 Å². The Kier molecular flexibility index (Phi) is 3.49. The lowest BCUT2D eigenvalue weighted by atomic mass is 9.92. The Labute approximate surface area is 111 Å². The van der Waals surface area contributed by atoms with Crippen LogP contribution in [0.3, 0.4) is 0 Å². The van der Waals surface area contributed by atoms with Crippen molar-refractivity contribution in [2.24, 2.45) is 5.73 Å². The summed E-state index contributed by atoms with van der Waals surface area (Å²) in [6, 6.07) is 0. The van der Waals surface area contributed by atoms with E-state index in [4.69, 9.17) is 22.0 Å². The van der Waals surface area contributed by atoms with Crippen LogP contribution in [0.25, 0.3) is 0 Å². The lowest BCUT2D eigenvalue weighted by molar-refractivity contribution is -0.0480. The van der Waals surface area contributed by atoms with E-state index < -0.39 is 47.6 Å². The number of aliphatic hydroxyl groups is 2. The minimum absolute atomic E-state index is 0.581. The van der Waals surface area contributed by atoms with Gasteiger partial charge in [0.15, 0.2) is 11.8 Å². The average Bonchev–Trinajstić information content (AvgIpc) is 2.67. The molecule has 2 heterocycles. The van der Waals surface area contributed by atoms with Crippen molar-refractivity contribution in [1.29, 1.82) is 0 Å². The molecule has 8 nitrogen and oxygen atoms in total. The molecule has 20 heavy (non-hydrogen) atoms. The number of hydrogen-bond donors (Lipinski definition) is 4. The normalized spacial score (nSPS) is 33.0. The molecule has 0 saturated carbocycles. The summed E-state index contributed by atoms with van der Waals surface area (Å²) in [5, 5.41) is 19.0. The summed E-state index contributed by atoms with van der Waals surface area (Å²) in [6.45, 7) is -0.598. The Balaban J connectivity index is 2.58. The van der Waals surface area contributed by atoms with E-state index in [1.54, 1.807) is 4.98 Å². The third kappa shape index (κ3) is 1.95. The first kappa shape index (κ1) is 14.4. The molecular weight excluding hydrogens is 273 g/mol. The topological polar surface area (TPSA) is 131 Å². The van der Waals surface area contributed by atoms with Gasteiger partial charge < -0.3 is 20.7 Å². The van der Waals surface area contributed by atoms with E-state index in [0.717, 1.165) is 0 Å². The predicted octanol–water partition coefficient (Wildman–Crippen LogP) is -2.74. The summed E-state index contributed by atoms with van der Waals surface area (Å²) in [4.78, 5) is 24.4. The minimum Gasteiger partial charge on any atom is -0.394 e. The number of aliphatic hydroxyl groups excluding tert-OH is 2. The molecule has 1 aromatic rings. The fraction of sp³-hybridized carbons (Fsp3) is 0.455. The van der Waals surface area contributed by atoms with Crippen LogP contribution in [-0.4, -0.2) is 44.1 Å². The van der Waals surface area contributed by atoms with Gasteiger partial charge in [-0.25, -0.2) is 4.79 Å². The molecule has 4 atom stereocenters. The highest BCUT2D eigenvalue weighted by molar-refractivity contribution is 5.22. The zero-order chi connectivity index (χ0) is 15.1. The van der Waals surface area contributed by atoms with Crippen molar-refractivity contribution in [1.82, 2.24) is 9.55 Å². The van der Waals surface area contributed by atoms with Crippen LogP contribution in [-0.2, 0) is 4.74 Å². The number of halogens is 1. The number of nitrogens with two attached hydrogens (primary N) is 1. The third-order valence-electron chi connectivity index (χ3n) is 3.16. The summed E-state index contributed by atoms with van der Waals surface area (Å²) < 4.78 is 19.1. The molecule has 0 aromatic carbocycles. The molecule has 0 aliphatic carbocycles. The Hall–Kier alpha value is -1.99. The third-order valence-corrected chi connectivity index (χ3v) is 3.16. The maximum Gasteiger partial charge on any atom is 0.330 e. The molecule has 1 unspecified atom stereocenters. The molecule has 1 aliphatic rings. The Morgan fingerprint density at radius 2 is 2.30 bits per heavy atom. The molecule has 1 fully saturated rings. The maximum absolute atomic E-state index is 13.3. The smallest absolute Gasteiger partial charge is 0.330 e. The Morgan fingerprint density at radius 1 is 1.65 bits per heavy atom. The van der Waals surface area contributed by atoms with Crippen molar-refractivity contribution in [2.45, 2.75) is 24.0 Å². The zero-order valence-corrected chi connectivity index (χ0v) is 10.1. The summed E-state index contributed by atoms with van der Waals surface area (Å²) in [6.07, 6.45) is 1.79. The van der Waals surface area contributed by atoms with Gasteiger partial charge in [0.25, 0.3) is 5.56 Å². The number of nitrogens with one attached hydrogen (secondary N) is 1. The molecule has 108 valence electrons. The highest BCUT2D eigenvalue weighted by Crippen LogP contribution is 2.35. The van der Waals surface area contributed by atoms with Gasteiger partial charge in [-0.3, -0.25) is 14.3 Å². The SMILES string of the molecule is C#C[C@@]1(N)C(O)[C@@H](CO)O[C@H]1n1cc(F)c(=O)[nH]c1=O. The van der Waals surface area contributed by atoms with Crippen LogP contribution < -0.4 is 17.0 Å². The van der Waals surface area contributed by atoms with Crippen molar-refractivity contribution in [3.05, 3.63) is 32.9 Å². The van der Waals surface area contributed by atoms with E-state index in [0.29, 0.717) is 10.8 Å². The second kappa shape index (κ2) is 4.84. The van der Waals surface area contributed by atoms with Gasteiger partial charge in [0.05, 0.1) is 12.8 Å². The van der Waals surface area contributed by atoms with Crippen LogP contribution in [0.5, 0.6) is 0 Å². The van der Waals surface area contributed by atoms with Gasteiger partial charge in [0.2, 0.25) is 5.82 Å². The molecule has 5 N–H and O–H groups in total. The summed E-state index contributed by atoms with van der Waals surface area (Å²) in [5.41, 5.74) is 1.74. The molecule has 1 aliphatic heterocycles. The second-order valence-corrected chi connectivity index (χ2v) is 4.38. The lowest BCUT2D eigenvalue weighted by Crippen LogP contribution is -2.55. The highest BCUT2D eigenvalue weighted by atomic mass is 19.1. The Bertz CT molecular complexity index is 678. The number of hydrogen-bond acceptors (Lipinski definition) is 6. The predicted molar refractivity (Wildman–Crippen MR) is 64.0 cm³/mol. The number of H-pyrrole nitrogens is 1. The van der Waals surface area contributed by atoms with E-state index in [1.165, 1.54) is 0 Å². The van der Waals surface area contributed by atoms with Gasteiger partial charge in [-0.15, -0.1) is 6.42 Å². The number of nitrogens with zero attached hydrogens (tertiary/aromatic N) is 1. The Morgan fingerprint density at radius 3 is 2.85 bits per heavy atom. The van der Waals surface area contributed by atoms with Gasteiger partial charge in [-0.1, -0.05) is 5.92 Å². The second-order valence-electron chi connectivity index (χ2n) is 4.38. The van der Waals surface area contributed by atoms with Crippen molar-refractivity contribution in [3.63, 3.8) is 0 Å². The quantitative estimate of drug-likeness (QED) is 0.436. The number of terminal acetylenes is 1. The van der Waals surface area contributed by atoms with Crippen LogP contribution in [0.4, 0.5) is 4.39 Å². The average molecular weight is 285 g/mol. The molecular formula is C11H12FN3O5. The number of ether oxygens (including phenoxy) is 1. The first-order valence-electron chi connectivity index (χ1n) is 5.57. The van der Waals surface area contributed by atoms with E-state index in [-0.39, 0.29) is 0 Å². The molecule has 0 bridgehead atoms. The molecule has 0 amide bonds. The highest BCUT2D eigenvalue weighted by Gasteiger charge is 2.54. The number of aromatic nitrogens is 2. The van der Waals surface area contributed by atoms with Gasteiger partial charge in [0, 0.05) is 0 Å². The van der Waals surface area contributed by atoms with E-state index in [2.05, 4.69) is 5.92 Å². The summed E-state index contributed by atoms with van der Waals surface area (Å²) in [7, 11) is 0. The monoisotopic (exact) mass is 285 g/mol. The standard InChI is InChI=1S/C11H12FN3O5/c1-2-11(13)7(17)6(4-16)20-9(11)15-3-5(12)8(18)14-10(15)19/h1,3,6-7,9,16-17H,4,13H2,(H,14,18,19)/t6-,7?,9-,11-/m1/s1. The van der Waals surface area contributed by atoms with Gasteiger partial charge in [0.1, 0.15) is 12.2 Å². The largest absolute Gasteiger partial charge is 0.394 e. The molecule has 1 aromatic heterocycles. The maximum atomic E-state index is 13.3. The zero-order valence-electron chi connectivity index (χ0n) is 10.1. The summed E-state index contributed by atoms with van der Waals surface area (Å²) in [5.74, 6) is 0.841. The first-order valence-corrected chi connectivity index (χ1v) is 5.57. The van der Waals surface area contributed by atoms with Crippen LogP contribution in [0.1, 0.15) is 6.23 Å². The van der Waals surface area contributed by atoms with Gasteiger partial charge in [-0.05, 0) is 0 Å². The van der Waals surface area contributed by atoms with E-state index in [9.17, 15) is 19.1 Å². The minimum atomic E-state index is -1.86. The van der Waals surface area contributed by atoms with Crippen molar-refractivity contribution in [2.75, 3.05) is 6.61 Å². The molecule has 0 radical (unpaired) electrons. The molecule has 2 rings (SSSR count). The van der Waals surface area contributed by atoms with Crippen molar-refractivity contribution >= 4 is 0 Å². The van der Waals surface area contributed by atoms with Crippen LogP contribution in [0.15, 0.2) is 15.8 Å². The van der Waals surface area contributed by atoms with Gasteiger partial charge in [-0.2, -0.15) is 4.39 Å². The molecule has 1 saturated heterocycles. The van der Waals surface area contributed by atoms with Crippen LogP contribution in [0, 0.1) is 18.2 Å². The molecule has 0 spiro atoms. The van der Waals surface area contributed by atoms with Crippen molar-refractivity contribution in [3.8, 4) is 12.3 Å². The number of rotatable bonds is 2.